The van der Waals surface area contributed by atoms with E-state index in [1.54, 1.807) is 5.56 Å². The molecule has 4 aromatic carbocycles. The van der Waals surface area contributed by atoms with Gasteiger partial charge in [-0.1, -0.05) is 99.8 Å². The van der Waals surface area contributed by atoms with Gasteiger partial charge in [0.2, 0.25) is 0 Å². The molecule has 0 aromatic heterocycles. The van der Waals surface area contributed by atoms with Crippen molar-refractivity contribution in [3.8, 4) is 22.3 Å². The second-order valence-corrected chi connectivity index (χ2v) is 13.8. The number of benzene rings is 4. The van der Waals surface area contributed by atoms with Gasteiger partial charge in [0.1, 0.15) is 0 Å². The van der Waals surface area contributed by atoms with Gasteiger partial charge in [0, 0.05) is 22.3 Å². The zero-order chi connectivity index (χ0) is 28.2. The molecule has 0 radical (unpaired) electrons. The summed E-state index contributed by atoms with van der Waals surface area (Å²) in [7, 11) is 0. The lowest BCUT2D eigenvalue weighted by Crippen LogP contribution is -2.38. The Hall–Kier alpha value is -3.32. The zero-order valence-corrected chi connectivity index (χ0v) is 25.6. The maximum absolute atomic E-state index is 2.58. The van der Waals surface area contributed by atoms with Crippen LogP contribution in [0.2, 0.25) is 0 Å². The van der Waals surface area contributed by atoms with Crippen LogP contribution in [0.25, 0.3) is 22.3 Å². The Kier molecular flexibility index (Phi) is 6.68. The topological polar surface area (TPSA) is 3.24 Å². The van der Waals surface area contributed by atoms with E-state index in [1.165, 1.54) is 88.0 Å². The molecule has 0 amide bonds. The van der Waals surface area contributed by atoms with Crippen LogP contribution in [-0.4, -0.2) is 5.54 Å². The molecule has 0 heterocycles. The van der Waals surface area contributed by atoms with Crippen molar-refractivity contribution in [2.45, 2.75) is 97.4 Å². The fourth-order valence-corrected chi connectivity index (χ4v) is 7.35. The maximum atomic E-state index is 2.58. The predicted octanol–water partition coefficient (Wildman–Crippen LogP) is 11.3. The van der Waals surface area contributed by atoms with Crippen molar-refractivity contribution < 1.29 is 0 Å². The van der Waals surface area contributed by atoms with Crippen LogP contribution in [0.5, 0.6) is 0 Å². The molecular formula is C39H45N. The quantitative estimate of drug-likeness (QED) is 0.255. The molecule has 40 heavy (non-hydrogen) atoms. The van der Waals surface area contributed by atoms with Gasteiger partial charge >= 0.3 is 0 Å². The van der Waals surface area contributed by atoms with Crippen LogP contribution in [0.15, 0.2) is 78.9 Å². The van der Waals surface area contributed by atoms with Crippen LogP contribution in [0, 0.1) is 13.8 Å². The van der Waals surface area contributed by atoms with Crippen molar-refractivity contribution in [1.82, 2.24) is 0 Å². The molecule has 206 valence electrons. The van der Waals surface area contributed by atoms with Crippen LogP contribution in [-0.2, 0) is 5.41 Å². The van der Waals surface area contributed by atoms with Crippen molar-refractivity contribution in [3.63, 3.8) is 0 Å². The van der Waals surface area contributed by atoms with E-state index in [9.17, 15) is 0 Å². The van der Waals surface area contributed by atoms with Crippen molar-refractivity contribution >= 4 is 11.4 Å². The van der Waals surface area contributed by atoms with Crippen LogP contribution in [0.4, 0.5) is 11.4 Å². The Morgan fingerprint density at radius 3 is 2.02 bits per heavy atom. The summed E-state index contributed by atoms with van der Waals surface area (Å²) in [5.74, 6) is 0.714. The summed E-state index contributed by atoms with van der Waals surface area (Å²) in [6, 6.07) is 30.1. The number of aryl methyl sites for hydroxylation is 2. The number of fused-ring (bicyclic) bond motifs is 3. The van der Waals surface area contributed by atoms with E-state index in [2.05, 4.69) is 132 Å². The first kappa shape index (κ1) is 26.9. The average molecular weight is 528 g/mol. The highest BCUT2D eigenvalue weighted by molar-refractivity contribution is 5.87. The van der Waals surface area contributed by atoms with Gasteiger partial charge in [-0.05, 0) is 116 Å². The van der Waals surface area contributed by atoms with Crippen LogP contribution >= 0.6 is 0 Å². The molecule has 4 aromatic rings. The Morgan fingerprint density at radius 2 is 1.32 bits per heavy atom. The minimum Gasteiger partial charge on any atom is -0.336 e. The van der Waals surface area contributed by atoms with Crippen LogP contribution in [0.3, 0.4) is 0 Å². The van der Waals surface area contributed by atoms with Gasteiger partial charge in [-0.25, -0.2) is 0 Å². The SMILES string of the molecule is Cc1ccc(-c2ccccc2)cc1N(c1cc2c(cc1C)C(C)(C)c1ccc(C3CCCCC3)cc1-2)C(C)(C)C. The van der Waals surface area contributed by atoms with Gasteiger partial charge in [0.05, 0.1) is 0 Å². The fourth-order valence-electron chi connectivity index (χ4n) is 7.35. The number of hydrogen-bond donors (Lipinski definition) is 0. The maximum Gasteiger partial charge on any atom is 0.0451 e. The molecule has 0 atom stereocenters. The molecule has 0 bridgehead atoms. The lowest BCUT2D eigenvalue weighted by Gasteiger charge is -2.40. The third kappa shape index (κ3) is 4.58. The largest absolute Gasteiger partial charge is 0.336 e. The molecule has 0 aliphatic heterocycles. The van der Waals surface area contributed by atoms with Gasteiger partial charge in [0.25, 0.3) is 0 Å². The van der Waals surface area contributed by atoms with Gasteiger partial charge in [0.15, 0.2) is 0 Å². The second kappa shape index (κ2) is 9.95. The Bertz CT molecular complexity index is 1540. The second-order valence-electron chi connectivity index (χ2n) is 13.8. The van der Waals surface area contributed by atoms with E-state index in [0.717, 1.165) is 0 Å². The molecule has 0 spiro atoms. The molecule has 0 N–H and O–H groups in total. The molecule has 1 fully saturated rings. The Balaban J connectivity index is 1.51. The third-order valence-electron chi connectivity index (χ3n) is 9.56. The summed E-state index contributed by atoms with van der Waals surface area (Å²) in [6.07, 6.45) is 6.81. The van der Waals surface area contributed by atoms with E-state index in [1.807, 2.05) is 0 Å². The molecule has 2 aliphatic rings. The summed E-state index contributed by atoms with van der Waals surface area (Å²) in [5.41, 5.74) is 15.0. The van der Waals surface area contributed by atoms with E-state index >= 15 is 0 Å². The molecule has 0 saturated heterocycles. The van der Waals surface area contributed by atoms with Crippen LogP contribution in [0.1, 0.15) is 100 Å². The van der Waals surface area contributed by atoms with Crippen molar-refractivity contribution in [3.05, 3.63) is 107 Å². The monoisotopic (exact) mass is 527 g/mol. The normalized spacial score (nSPS) is 16.5. The molecule has 0 unspecified atom stereocenters. The Labute approximate surface area is 242 Å². The van der Waals surface area contributed by atoms with E-state index in [0.29, 0.717) is 5.92 Å². The molecule has 1 nitrogen and oxygen atoms in total. The first-order chi connectivity index (χ1) is 19.1. The minimum atomic E-state index is -0.0973. The van der Waals surface area contributed by atoms with Gasteiger partial charge in [-0.15, -0.1) is 0 Å². The standard InChI is InChI=1S/C39H45N/c1-26-18-19-31(29-16-12-9-13-17-29)24-36(26)40(38(3,4)5)37-25-33-32-23-30(28-14-10-8-11-15-28)20-21-34(32)39(6,7)35(33)22-27(37)2/h9,12-13,16-25,28H,8,10-11,14-15H2,1-7H3. The lowest BCUT2D eigenvalue weighted by atomic mass is 9.80. The first-order valence-corrected chi connectivity index (χ1v) is 15.3. The smallest absolute Gasteiger partial charge is 0.0451 e. The van der Waals surface area contributed by atoms with Gasteiger partial charge in [-0.2, -0.15) is 0 Å². The summed E-state index contributed by atoms with van der Waals surface area (Å²) in [6.45, 7) is 16.4. The summed E-state index contributed by atoms with van der Waals surface area (Å²) in [4.78, 5) is 2.58. The highest BCUT2D eigenvalue weighted by Gasteiger charge is 2.38. The highest BCUT2D eigenvalue weighted by atomic mass is 15.2. The van der Waals surface area contributed by atoms with Crippen molar-refractivity contribution in [1.29, 1.82) is 0 Å². The highest BCUT2D eigenvalue weighted by Crippen LogP contribution is 2.52. The lowest BCUT2D eigenvalue weighted by molar-refractivity contribution is 0.443. The van der Waals surface area contributed by atoms with E-state index in [4.69, 9.17) is 0 Å². The molecule has 1 heteroatoms. The van der Waals surface area contributed by atoms with E-state index < -0.39 is 0 Å². The average Bonchev–Trinajstić information content (AvgIpc) is 3.15. The van der Waals surface area contributed by atoms with Gasteiger partial charge < -0.3 is 4.90 Å². The first-order valence-electron chi connectivity index (χ1n) is 15.3. The Morgan fingerprint density at radius 1 is 0.650 bits per heavy atom. The van der Waals surface area contributed by atoms with Crippen LogP contribution < -0.4 is 4.90 Å². The summed E-state index contributed by atoms with van der Waals surface area (Å²) < 4.78 is 0. The molecule has 1 saturated carbocycles. The van der Waals surface area contributed by atoms with Gasteiger partial charge in [-0.3, -0.25) is 0 Å². The molecule has 6 rings (SSSR count). The minimum absolute atomic E-state index is 0.00869. The number of rotatable bonds is 4. The zero-order valence-electron chi connectivity index (χ0n) is 25.6. The summed E-state index contributed by atoms with van der Waals surface area (Å²) in [5, 5.41) is 0. The summed E-state index contributed by atoms with van der Waals surface area (Å²) >= 11 is 0. The fraction of sp³-hybridized carbons (Fsp3) is 0.385. The number of hydrogen-bond acceptors (Lipinski definition) is 1. The predicted molar refractivity (Wildman–Crippen MR) is 173 cm³/mol. The van der Waals surface area contributed by atoms with Crippen molar-refractivity contribution in [2.75, 3.05) is 4.90 Å². The van der Waals surface area contributed by atoms with Crippen molar-refractivity contribution in [2.24, 2.45) is 0 Å². The number of anilines is 2. The number of nitrogens with zero attached hydrogens (tertiary/aromatic N) is 1. The van der Waals surface area contributed by atoms with E-state index in [-0.39, 0.29) is 11.0 Å². The third-order valence-corrected chi connectivity index (χ3v) is 9.56. The molecule has 2 aliphatic carbocycles. The molecular weight excluding hydrogens is 482 g/mol.